The van der Waals surface area contributed by atoms with Gasteiger partial charge in [-0.2, -0.15) is 0 Å². The van der Waals surface area contributed by atoms with Crippen molar-refractivity contribution in [3.8, 4) is 0 Å². The van der Waals surface area contributed by atoms with Gasteiger partial charge in [0.2, 0.25) is 0 Å². The molecule has 1 rings (SSSR count). The zero-order valence-corrected chi connectivity index (χ0v) is 8.62. The number of benzene rings is 1. The summed E-state index contributed by atoms with van der Waals surface area (Å²) in [7, 11) is 0. The first kappa shape index (κ1) is 12.0. The maximum Gasteiger partial charge on any atom is 0.325 e. The number of carbonyl (C=O) groups is 1. The Morgan fingerprint density at radius 3 is 2.75 bits per heavy atom. The highest BCUT2D eigenvalue weighted by Gasteiger charge is 2.16. The van der Waals surface area contributed by atoms with Crippen LogP contribution in [0.2, 0.25) is 0 Å². The summed E-state index contributed by atoms with van der Waals surface area (Å²) in [5, 5.41) is 18.5. The van der Waals surface area contributed by atoms with Gasteiger partial charge in [-0.05, 0) is 19.1 Å². The summed E-state index contributed by atoms with van der Waals surface area (Å²) in [4.78, 5) is 10.6. The van der Waals surface area contributed by atoms with Gasteiger partial charge in [0.05, 0.1) is 5.56 Å². The monoisotopic (exact) mass is 225 g/mol. The number of rotatable bonds is 4. The molecule has 86 valence electrons. The molecule has 1 unspecified atom stereocenters. The fourth-order valence-electron chi connectivity index (χ4n) is 1.21. The third kappa shape index (κ3) is 2.47. The second-order valence-corrected chi connectivity index (χ2v) is 3.28. The Bertz CT molecular complexity index is 434. The van der Waals surface area contributed by atoms with Gasteiger partial charge in [0.15, 0.2) is 0 Å². The first-order chi connectivity index (χ1) is 7.43. The highest BCUT2D eigenvalue weighted by molar-refractivity contribution is 6.01. The van der Waals surface area contributed by atoms with Crippen LogP contribution in [0.1, 0.15) is 12.5 Å². The average Bonchev–Trinajstić information content (AvgIpc) is 2.16. The van der Waals surface area contributed by atoms with Gasteiger partial charge in [0.25, 0.3) is 0 Å². The molecular formula is C10H12FN3O2. The maximum atomic E-state index is 13.3. The largest absolute Gasteiger partial charge is 0.480 e. The van der Waals surface area contributed by atoms with Crippen molar-refractivity contribution >= 4 is 17.5 Å². The van der Waals surface area contributed by atoms with Crippen LogP contribution in [0.3, 0.4) is 0 Å². The van der Waals surface area contributed by atoms with Crippen LogP contribution in [-0.4, -0.2) is 23.0 Å². The molecule has 1 aromatic carbocycles. The van der Waals surface area contributed by atoms with E-state index in [-0.39, 0.29) is 11.3 Å². The zero-order chi connectivity index (χ0) is 12.3. The molecule has 0 amide bonds. The van der Waals surface area contributed by atoms with Crippen LogP contribution in [0.4, 0.5) is 10.1 Å². The number of carboxylic acid groups (broad SMARTS) is 1. The predicted octanol–water partition coefficient (Wildman–Crippen LogP) is 0.995. The van der Waals surface area contributed by atoms with Crippen LogP contribution in [-0.2, 0) is 4.79 Å². The molecule has 0 bridgehead atoms. The van der Waals surface area contributed by atoms with Crippen LogP contribution < -0.4 is 11.1 Å². The van der Waals surface area contributed by atoms with Crippen molar-refractivity contribution in [2.24, 2.45) is 5.73 Å². The van der Waals surface area contributed by atoms with Crippen LogP contribution in [0, 0.1) is 11.2 Å². The zero-order valence-electron chi connectivity index (χ0n) is 8.62. The molecular weight excluding hydrogens is 213 g/mol. The van der Waals surface area contributed by atoms with Crippen molar-refractivity contribution in [1.82, 2.24) is 0 Å². The Hall–Kier alpha value is -2.11. The van der Waals surface area contributed by atoms with Crippen molar-refractivity contribution in [2.45, 2.75) is 13.0 Å². The highest BCUT2D eigenvalue weighted by atomic mass is 19.1. The number of nitrogens with two attached hydrogens (primary N) is 1. The third-order valence-corrected chi connectivity index (χ3v) is 2.03. The number of aliphatic carboxylic acids is 1. The molecule has 6 heteroatoms. The summed E-state index contributed by atoms with van der Waals surface area (Å²) in [5.74, 6) is -2.17. The molecule has 0 saturated carbocycles. The van der Waals surface area contributed by atoms with Crippen molar-refractivity contribution in [1.29, 1.82) is 5.41 Å². The molecule has 5 N–H and O–H groups in total. The number of carboxylic acids is 1. The van der Waals surface area contributed by atoms with Gasteiger partial charge in [-0.3, -0.25) is 10.2 Å². The first-order valence-electron chi connectivity index (χ1n) is 4.55. The molecule has 16 heavy (non-hydrogen) atoms. The summed E-state index contributed by atoms with van der Waals surface area (Å²) >= 11 is 0. The molecule has 0 aromatic heterocycles. The molecule has 0 aliphatic carbocycles. The van der Waals surface area contributed by atoms with Gasteiger partial charge in [-0.25, -0.2) is 4.39 Å². The molecule has 1 aromatic rings. The SMILES string of the molecule is CC(Nc1cccc(F)c1C(=N)N)C(=O)O. The molecule has 5 nitrogen and oxygen atoms in total. The number of hydrogen-bond donors (Lipinski definition) is 4. The van der Waals surface area contributed by atoms with E-state index in [2.05, 4.69) is 5.32 Å². The Kier molecular flexibility index (Phi) is 3.44. The summed E-state index contributed by atoms with van der Waals surface area (Å²) in [6, 6.07) is 3.16. The Morgan fingerprint density at radius 2 is 2.25 bits per heavy atom. The maximum absolute atomic E-state index is 13.3. The van der Waals surface area contributed by atoms with Crippen molar-refractivity contribution < 1.29 is 14.3 Å². The predicted molar refractivity (Wildman–Crippen MR) is 58.1 cm³/mol. The lowest BCUT2D eigenvalue weighted by atomic mass is 10.1. The van der Waals surface area contributed by atoms with E-state index >= 15 is 0 Å². The fourth-order valence-corrected chi connectivity index (χ4v) is 1.21. The second-order valence-electron chi connectivity index (χ2n) is 3.28. The van der Waals surface area contributed by atoms with E-state index in [0.29, 0.717) is 0 Å². The molecule has 0 aliphatic rings. The number of amidine groups is 1. The molecule has 0 spiro atoms. The van der Waals surface area contributed by atoms with Gasteiger partial charge in [-0.1, -0.05) is 6.07 Å². The topological polar surface area (TPSA) is 99.2 Å². The van der Waals surface area contributed by atoms with Gasteiger partial charge in [-0.15, -0.1) is 0 Å². The van der Waals surface area contributed by atoms with E-state index in [1.807, 2.05) is 0 Å². The van der Waals surface area contributed by atoms with E-state index < -0.39 is 23.7 Å². The summed E-state index contributed by atoms with van der Waals surface area (Å²) in [5.41, 5.74) is 5.30. The summed E-state index contributed by atoms with van der Waals surface area (Å²) < 4.78 is 13.3. The first-order valence-corrected chi connectivity index (χ1v) is 4.55. The van der Waals surface area contributed by atoms with E-state index in [4.69, 9.17) is 16.2 Å². The summed E-state index contributed by atoms with van der Waals surface area (Å²) in [6.07, 6.45) is 0. The lowest BCUT2D eigenvalue weighted by Gasteiger charge is -2.14. The van der Waals surface area contributed by atoms with Gasteiger partial charge in [0, 0.05) is 5.69 Å². The van der Waals surface area contributed by atoms with Crippen LogP contribution in [0.15, 0.2) is 18.2 Å². The number of nitrogens with one attached hydrogen (secondary N) is 2. The number of hydrogen-bond acceptors (Lipinski definition) is 3. The number of nitrogen functional groups attached to an aromatic ring is 1. The van der Waals surface area contributed by atoms with E-state index in [1.165, 1.54) is 19.1 Å². The quantitative estimate of drug-likeness (QED) is 0.453. The molecule has 0 saturated heterocycles. The average molecular weight is 225 g/mol. The van der Waals surface area contributed by atoms with Crippen LogP contribution in [0.5, 0.6) is 0 Å². The van der Waals surface area contributed by atoms with Crippen molar-refractivity contribution in [2.75, 3.05) is 5.32 Å². The lowest BCUT2D eigenvalue weighted by molar-refractivity contribution is -0.137. The lowest BCUT2D eigenvalue weighted by Crippen LogP contribution is -2.27. The van der Waals surface area contributed by atoms with Crippen molar-refractivity contribution in [3.05, 3.63) is 29.6 Å². The smallest absolute Gasteiger partial charge is 0.325 e. The van der Waals surface area contributed by atoms with E-state index in [1.54, 1.807) is 0 Å². The normalized spacial score (nSPS) is 11.9. The Balaban J connectivity index is 3.09. The van der Waals surface area contributed by atoms with Gasteiger partial charge < -0.3 is 16.2 Å². The minimum atomic E-state index is -1.07. The van der Waals surface area contributed by atoms with E-state index in [9.17, 15) is 9.18 Å². The fraction of sp³-hybridized carbons (Fsp3) is 0.200. The standard InChI is InChI=1S/C10H12FN3O2/c1-5(10(15)16)14-7-4-2-3-6(11)8(7)9(12)13/h2-5,14H,1H3,(H3,12,13)(H,15,16). The third-order valence-electron chi connectivity index (χ3n) is 2.03. The minimum Gasteiger partial charge on any atom is -0.480 e. The Morgan fingerprint density at radius 1 is 1.62 bits per heavy atom. The van der Waals surface area contributed by atoms with Gasteiger partial charge in [0.1, 0.15) is 17.7 Å². The summed E-state index contributed by atoms with van der Waals surface area (Å²) in [6.45, 7) is 1.41. The molecule has 0 fully saturated rings. The Labute approximate surface area is 91.6 Å². The van der Waals surface area contributed by atoms with Crippen LogP contribution >= 0.6 is 0 Å². The number of halogens is 1. The van der Waals surface area contributed by atoms with E-state index in [0.717, 1.165) is 6.07 Å². The minimum absolute atomic E-state index is 0.115. The molecule has 1 atom stereocenters. The van der Waals surface area contributed by atoms with Crippen molar-refractivity contribution in [3.63, 3.8) is 0 Å². The molecule has 0 radical (unpaired) electrons. The molecule has 0 aliphatic heterocycles. The highest BCUT2D eigenvalue weighted by Crippen LogP contribution is 2.19. The second kappa shape index (κ2) is 4.61. The molecule has 0 heterocycles. The van der Waals surface area contributed by atoms with Crippen LogP contribution in [0.25, 0.3) is 0 Å². The number of anilines is 1. The van der Waals surface area contributed by atoms with Gasteiger partial charge >= 0.3 is 5.97 Å².